The van der Waals surface area contributed by atoms with Gasteiger partial charge in [-0.1, -0.05) is 25.7 Å². The van der Waals surface area contributed by atoms with Crippen molar-refractivity contribution >= 4 is 0 Å². The molecule has 102 valence electrons. The number of hydrogen-bond donors (Lipinski definition) is 1. The molecule has 0 saturated heterocycles. The molecular formula is C15H26N2O. The number of nitrogens with zero attached hydrogens (tertiary/aromatic N) is 1. The van der Waals surface area contributed by atoms with E-state index in [1.165, 1.54) is 38.5 Å². The SMILES string of the molecule is CN(CCNC1CCCCCC1)Cc1ccco1. The van der Waals surface area contributed by atoms with Crippen LogP contribution in [0.4, 0.5) is 0 Å². The Hall–Kier alpha value is -0.800. The number of nitrogens with one attached hydrogen (secondary N) is 1. The summed E-state index contributed by atoms with van der Waals surface area (Å²) in [7, 11) is 2.15. The van der Waals surface area contributed by atoms with Crippen molar-refractivity contribution in [2.45, 2.75) is 51.1 Å². The number of hydrogen-bond acceptors (Lipinski definition) is 3. The van der Waals surface area contributed by atoms with Crippen LogP contribution in [0.15, 0.2) is 22.8 Å². The Bertz CT molecular complexity index is 302. The second kappa shape index (κ2) is 7.59. The van der Waals surface area contributed by atoms with Crippen LogP contribution in [-0.4, -0.2) is 31.1 Å². The van der Waals surface area contributed by atoms with Crippen molar-refractivity contribution in [2.24, 2.45) is 0 Å². The smallest absolute Gasteiger partial charge is 0.117 e. The van der Waals surface area contributed by atoms with Crippen molar-refractivity contribution in [3.05, 3.63) is 24.2 Å². The second-order valence-electron chi connectivity index (χ2n) is 5.46. The third kappa shape index (κ3) is 4.83. The first kappa shape index (κ1) is 13.6. The van der Waals surface area contributed by atoms with Crippen LogP contribution in [0.25, 0.3) is 0 Å². The molecule has 1 heterocycles. The standard InChI is InChI=1S/C15H26N2O/c1-17(13-15-9-6-12-18-15)11-10-16-14-7-4-2-3-5-8-14/h6,9,12,14,16H,2-5,7-8,10-11,13H2,1H3. The summed E-state index contributed by atoms with van der Waals surface area (Å²) in [6, 6.07) is 4.74. The Balaban J connectivity index is 1.59. The van der Waals surface area contributed by atoms with Crippen LogP contribution in [-0.2, 0) is 6.54 Å². The fourth-order valence-electron chi connectivity index (χ4n) is 2.69. The summed E-state index contributed by atoms with van der Waals surface area (Å²) in [5.41, 5.74) is 0. The summed E-state index contributed by atoms with van der Waals surface area (Å²) in [5, 5.41) is 3.70. The second-order valence-corrected chi connectivity index (χ2v) is 5.46. The van der Waals surface area contributed by atoms with Gasteiger partial charge in [-0.05, 0) is 32.0 Å². The Morgan fingerprint density at radius 3 is 2.72 bits per heavy atom. The summed E-state index contributed by atoms with van der Waals surface area (Å²) >= 11 is 0. The topological polar surface area (TPSA) is 28.4 Å². The lowest BCUT2D eigenvalue weighted by Gasteiger charge is -2.20. The fraction of sp³-hybridized carbons (Fsp3) is 0.733. The van der Waals surface area contributed by atoms with E-state index in [4.69, 9.17) is 4.42 Å². The van der Waals surface area contributed by atoms with Gasteiger partial charge in [0.25, 0.3) is 0 Å². The lowest BCUT2D eigenvalue weighted by atomic mass is 10.1. The first-order valence-corrected chi connectivity index (χ1v) is 7.29. The molecule has 1 fully saturated rings. The van der Waals surface area contributed by atoms with Crippen molar-refractivity contribution < 1.29 is 4.42 Å². The van der Waals surface area contributed by atoms with Crippen molar-refractivity contribution in [3.8, 4) is 0 Å². The quantitative estimate of drug-likeness (QED) is 0.787. The van der Waals surface area contributed by atoms with E-state index >= 15 is 0 Å². The maximum Gasteiger partial charge on any atom is 0.117 e. The third-order valence-electron chi connectivity index (χ3n) is 3.79. The Morgan fingerprint density at radius 2 is 2.06 bits per heavy atom. The molecule has 0 aromatic carbocycles. The molecule has 3 heteroatoms. The summed E-state index contributed by atoms with van der Waals surface area (Å²) in [6.45, 7) is 3.07. The molecule has 0 atom stereocenters. The van der Waals surface area contributed by atoms with Crippen molar-refractivity contribution in [1.29, 1.82) is 0 Å². The van der Waals surface area contributed by atoms with E-state index in [2.05, 4.69) is 17.3 Å². The Kier molecular flexibility index (Phi) is 5.75. The minimum atomic E-state index is 0.754. The number of rotatable bonds is 6. The van der Waals surface area contributed by atoms with E-state index < -0.39 is 0 Å². The lowest BCUT2D eigenvalue weighted by Crippen LogP contribution is -2.35. The van der Waals surface area contributed by atoms with E-state index in [1.807, 2.05) is 12.1 Å². The molecule has 0 radical (unpaired) electrons. The maximum absolute atomic E-state index is 5.35. The van der Waals surface area contributed by atoms with Gasteiger partial charge in [0.1, 0.15) is 5.76 Å². The third-order valence-corrected chi connectivity index (χ3v) is 3.79. The zero-order valence-corrected chi connectivity index (χ0v) is 11.5. The molecule has 1 aromatic rings. The van der Waals surface area contributed by atoms with E-state index in [0.717, 1.165) is 31.4 Å². The zero-order chi connectivity index (χ0) is 12.6. The average molecular weight is 250 g/mol. The summed E-state index contributed by atoms with van der Waals surface area (Å²) in [4.78, 5) is 2.31. The molecular weight excluding hydrogens is 224 g/mol. The average Bonchev–Trinajstić information content (AvgIpc) is 2.72. The van der Waals surface area contributed by atoms with E-state index in [0.29, 0.717) is 0 Å². The highest BCUT2D eigenvalue weighted by Crippen LogP contribution is 2.16. The van der Waals surface area contributed by atoms with Gasteiger partial charge in [-0.25, -0.2) is 0 Å². The van der Waals surface area contributed by atoms with Gasteiger partial charge in [-0.2, -0.15) is 0 Å². The molecule has 2 rings (SSSR count). The first-order valence-electron chi connectivity index (χ1n) is 7.29. The van der Waals surface area contributed by atoms with Gasteiger partial charge < -0.3 is 9.73 Å². The van der Waals surface area contributed by atoms with Gasteiger partial charge >= 0.3 is 0 Å². The minimum absolute atomic E-state index is 0.754. The van der Waals surface area contributed by atoms with Crippen molar-refractivity contribution in [1.82, 2.24) is 10.2 Å². The van der Waals surface area contributed by atoms with Crippen LogP contribution in [0.2, 0.25) is 0 Å². The largest absolute Gasteiger partial charge is 0.468 e. The van der Waals surface area contributed by atoms with Crippen molar-refractivity contribution in [3.63, 3.8) is 0 Å². The lowest BCUT2D eigenvalue weighted by molar-refractivity contribution is 0.286. The van der Waals surface area contributed by atoms with Crippen LogP contribution in [0.1, 0.15) is 44.3 Å². The number of furan rings is 1. The first-order chi connectivity index (χ1) is 8.84. The predicted octanol–water partition coefficient (Wildman–Crippen LogP) is 3.02. The predicted molar refractivity (Wildman–Crippen MR) is 74.5 cm³/mol. The molecule has 0 unspecified atom stereocenters. The van der Waals surface area contributed by atoms with Crippen LogP contribution >= 0.6 is 0 Å². The highest BCUT2D eigenvalue weighted by atomic mass is 16.3. The van der Waals surface area contributed by atoms with Gasteiger partial charge in [-0.15, -0.1) is 0 Å². The van der Waals surface area contributed by atoms with Gasteiger partial charge in [-0.3, -0.25) is 4.90 Å². The van der Waals surface area contributed by atoms with Gasteiger partial charge in [0.2, 0.25) is 0 Å². The molecule has 1 aromatic heterocycles. The van der Waals surface area contributed by atoms with Crippen LogP contribution in [0.3, 0.4) is 0 Å². The maximum atomic E-state index is 5.35. The molecule has 1 N–H and O–H groups in total. The summed E-state index contributed by atoms with van der Waals surface area (Å²) in [5.74, 6) is 1.05. The molecule has 1 saturated carbocycles. The molecule has 3 nitrogen and oxygen atoms in total. The van der Waals surface area contributed by atoms with E-state index in [9.17, 15) is 0 Å². The Morgan fingerprint density at radius 1 is 1.28 bits per heavy atom. The van der Waals surface area contributed by atoms with Crippen molar-refractivity contribution in [2.75, 3.05) is 20.1 Å². The van der Waals surface area contributed by atoms with Gasteiger partial charge in [0.15, 0.2) is 0 Å². The molecule has 0 spiro atoms. The molecule has 1 aliphatic carbocycles. The number of likely N-dealkylation sites (N-methyl/N-ethyl adjacent to an activating group) is 1. The minimum Gasteiger partial charge on any atom is -0.468 e. The molecule has 18 heavy (non-hydrogen) atoms. The summed E-state index contributed by atoms with van der Waals surface area (Å²) in [6.07, 6.45) is 10.1. The zero-order valence-electron chi connectivity index (χ0n) is 11.5. The fourth-order valence-corrected chi connectivity index (χ4v) is 2.69. The monoisotopic (exact) mass is 250 g/mol. The van der Waals surface area contributed by atoms with E-state index in [1.54, 1.807) is 6.26 Å². The molecule has 0 aliphatic heterocycles. The molecule has 0 amide bonds. The van der Waals surface area contributed by atoms with Crippen LogP contribution in [0, 0.1) is 0 Å². The van der Waals surface area contributed by atoms with Gasteiger partial charge in [0, 0.05) is 19.1 Å². The summed E-state index contributed by atoms with van der Waals surface area (Å²) < 4.78 is 5.35. The Labute approximate surface area is 111 Å². The normalized spacial score (nSPS) is 18.1. The van der Waals surface area contributed by atoms with Crippen LogP contribution < -0.4 is 5.32 Å². The molecule has 1 aliphatic rings. The highest BCUT2D eigenvalue weighted by molar-refractivity contribution is 4.97. The molecule has 0 bridgehead atoms. The highest BCUT2D eigenvalue weighted by Gasteiger charge is 2.11. The van der Waals surface area contributed by atoms with E-state index in [-0.39, 0.29) is 0 Å². The van der Waals surface area contributed by atoms with Crippen LogP contribution in [0.5, 0.6) is 0 Å². The van der Waals surface area contributed by atoms with Gasteiger partial charge in [0.05, 0.1) is 12.8 Å².